The van der Waals surface area contributed by atoms with Gasteiger partial charge in [-0.15, -0.1) is 11.3 Å². The first-order valence-electron chi connectivity index (χ1n) is 7.02. The maximum absolute atomic E-state index is 12.3. The molecular weight excluding hydrogens is 292 g/mol. The second kappa shape index (κ2) is 6.16. The van der Waals surface area contributed by atoms with Gasteiger partial charge in [0.2, 0.25) is 0 Å². The zero-order valence-corrected chi connectivity index (χ0v) is 13.3. The van der Waals surface area contributed by atoms with Crippen molar-refractivity contribution < 1.29 is 9.53 Å². The Labute approximate surface area is 133 Å². The van der Waals surface area contributed by atoms with Crippen LogP contribution >= 0.6 is 11.3 Å². The fraction of sp³-hybridized carbons (Fsp3) is 0.105. The topological polar surface area (TPSA) is 26.3 Å². The van der Waals surface area contributed by atoms with Crippen LogP contribution in [0.15, 0.2) is 53.9 Å². The summed E-state index contributed by atoms with van der Waals surface area (Å²) in [5.41, 5.74) is 1.89. The number of thiophene rings is 1. The van der Waals surface area contributed by atoms with Crippen molar-refractivity contribution in [1.82, 2.24) is 0 Å². The molecule has 0 amide bonds. The number of allylic oxidation sites excluding steroid dienone is 1. The number of ether oxygens (including phenoxy) is 1. The molecule has 0 spiro atoms. The lowest BCUT2D eigenvalue weighted by atomic mass is 10.0. The lowest BCUT2D eigenvalue weighted by Gasteiger charge is -2.04. The van der Waals surface area contributed by atoms with E-state index in [9.17, 15) is 4.79 Å². The van der Waals surface area contributed by atoms with E-state index in [0.717, 1.165) is 21.4 Å². The molecule has 0 fully saturated rings. The molecule has 0 unspecified atom stereocenters. The minimum absolute atomic E-state index is 0.0190. The number of hydrogen-bond acceptors (Lipinski definition) is 3. The molecule has 0 bridgehead atoms. The molecule has 0 radical (unpaired) electrons. The van der Waals surface area contributed by atoms with Gasteiger partial charge in [-0.2, -0.15) is 0 Å². The van der Waals surface area contributed by atoms with Gasteiger partial charge < -0.3 is 4.74 Å². The van der Waals surface area contributed by atoms with E-state index in [4.69, 9.17) is 4.74 Å². The minimum Gasteiger partial charge on any atom is -0.497 e. The van der Waals surface area contributed by atoms with Crippen molar-refractivity contribution in [3.63, 3.8) is 0 Å². The molecular formula is C19H16O2S. The fourth-order valence-corrected chi connectivity index (χ4v) is 3.13. The minimum atomic E-state index is 0.0190. The summed E-state index contributed by atoms with van der Waals surface area (Å²) in [4.78, 5) is 13.4. The van der Waals surface area contributed by atoms with E-state index in [2.05, 4.69) is 6.07 Å². The molecule has 2 aromatic carbocycles. The van der Waals surface area contributed by atoms with Gasteiger partial charge in [0.25, 0.3) is 0 Å². The third kappa shape index (κ3) is 2.95. The second-order valence-electron chi connectivity index (χ2n) is 5.09. The Morgan fingerprint density at radius 2 is 1.86 bits per heavy atom. The van der Waals surface area contributed by atoms with Crippen molar-refractivity contribution in [3.8, 4) is 5.75 Å². The number of fused-ring (bicyclic) bond motifs is 1. The van der Waals surface area contributed by atoms with Crippen molar-refractivity contribution in [2.24, 2.45) is 0 Å². The van der Waals surface area contributed by atoms with Gasteiger partial charge in [-0.1, -0.05) is 18.2 Å². The maximum atomic E-state index is 12.3. The van der Waals surface area contributed by atoms with Gasteiger partial charge in [0, 0.05) is 10.4 Å². The molecule has 0 aliphatic heterocycles. The van der Waals surface area contributed by atoms with E-state index in [-0.39, 0.29) is 5.78 Å². The number of carbonyl (C=O) groups is 1. The Morgan fingerprint density at radius 1 is 1.09 bits per heavy atom. The van der Waals surface area contributed by atoms with Gasteiger partial charge in [-0.25, -0.2) is 0 Å². The Morgan fingerprint density at radius 3 is 2.59 bits per heavy atom. The zero-order chi connectivity index (χ0) is 15.5. The van der Waals surface area contributed by atoms with Crippen LogP contribution in [0.25, 0.3) is 16.8 Å². The van der Waals surface area contributed by atoms with Gasteiger partial charge in [-0.05, 0) is 65.1 Å². The number of methoxy groups -OCH3 is 1. The predicted molar refractivity (Wildman–Crippen MR) is 92.9 cm³/mol. The Balaban J connectivity index is 1.88. The van der Waals surface area contributed by atoms with Crippen molar-refractivity contribution in [2.75, 3.05) is 7.11 Å². The van der Waals surface area contributed by atoms with Crippen LogP contribution in [0.3, 0.4) is 0 Å². The summed E-state index contributed by atoms with van der Waals surface area (Å²) in [6, 6.07) is 13.6. The van der Waals surface area contributed by atoms with Crippen LogP contribution < -0.4 is 4.74 Å². The van der Waals surface area contributed by atoms with Gasteiger partial charge in [0.05, 0.1) is 7.11 Å². The Kier molecular flexibility index (Phi) is 4.07. The highest BCUT2D eigenvalue weighted by molar-refractivity contribution is 7.11. The highest BCUT2D eigenvalue weighted by atomic mass is 32.1. The molecule has 0 saturated carbocycles. The molecule has 1 aromatic heterocycles. The quantitative estimate of drug-likeness (QED) is 0.494. The van der Waals surface area contributed by atoms with Crippen LogP contribution in [0, 0.1) is 6.92 Å². The van der Waals surface area contributed by atoms with E-state index >= 15 is 0 Å². The molecule has 0 N–H and O–H groups in total. The monoisotopic (exact) mass is 308 g/mol. The Bertz CT molecular complexity index is 859. The smallest absolute Gasteiger partial charge is 0.185 e. The first kappa shape index (κ1) is 14.5. The van der Waals surface area contributed by atoms with Crippen LogP contribution in [-0.2, 0) is 0 Å². The first-order valence-corrected chi connectivity index (χ1v) is 7.89. The summed E-state index contributed by atoms with van der Waals surface area (Å²) in [5, 5.41) is 4.13. The van der Waals surface area contributed by atoms with Crippen LogP contribution in [-0.4, -0.2) is 12.9 Å². The molecule has 22 heavy (non-hydrogen) atoms. The summed E-state index contributed by atoms with van der Waals surface area (Å²) in [7, 11) is 1.65. The SMILES string of the molecule is COc1ccc2cc(C(=O)/C=C/c3sccc3C)ccc2c1. The first-order chi connectivity index (χ1) is 10.7. The van der Waals surface area contributed by atoms with Gasteiger partial charge in [0.1, 0.15) is 5.75 Å². The van der Waals surface area contributed by atoms with Gasteiger partial charge >= 0.3 is 0 Å². The Hall–Kier alpha value is -2.39. The van der Waals surface area contributed by atoms with Crippen molar-refractivity contribution >= 4 is 34.0 Å². The molecule has 3 heteroatoms. The molecule has 3 rings (SSSR count). The summed E-state index contributed by atoms with van der Waals surface area (Å²) in [5.74, 6) is 0.838. The van der Waals surface area contributed by atoms with Gasteiger partial charge in [0.15, 0.2) is 5.78 Å². The van der Waals surface area contributed by atoms with Crippen LogP contribution in [0.5, 0.6) is 5.75 Å². The van der Waals surface area contributed by atoms with Crippen molar-refractivity contribution in [2.45, 2.75) is 6.92 Å². The largest absolute Gasteiger partial charge is 0.497 e. The number of benzene rings is 2. The lowest BCUT2D eigenvalue weighted by molar-refractivity contribution is 0.104. The van der Waals surface area contributed by atoms with E-state index in [1.54, 1.807) is 24.5 Å². The number of carbonyl (C=O) groups excluding carboxylic acids is 1. The maximum Gasteiger partial charge on any atom is 0.185 e. The molecule has 0 atom stereocenters. The van der Waals surface area contributed by atoms with E-state index < -0.39 is 0 Å². The summed E-state index contributed by atoms with van der Waals surface area (Å²) in [6.07, 6.45) is 3.53. The molecule has 0 aliphatic rings. The normalized spacial score (nSPS) is 11.2. The third-order valence-corrected chi connectivity index (χ3v) is 4.60. The van der Waals surface area contributed by atoms with E-state index in [0.29, 0.717) is 5.56 Å². The molecule has 0 saturated heterocycles. The number of hydrogen-bond donors (Lipinski definition) is 0. The predicted octanol–water partition coefficient (Wildman–Crippen LogP) is 5.11. The number of ketones is 1. The summed E-state index contributed by atoms with van der Waals surface area (Å²) >= 11 is 1.64. The van der Waals surface area contributed by atoms with E-state index in [1.165, 1.54) is 5.56 Å². The van der Waals surface area contributed by atoms with Crippen LogP contribution in [0.4, 0.5) is 0 Å². The van der Waals surface area contributed by atoms with Crippen molar-refractivity contribution in [3.05, 3.63) is 69.9 Å². The lowest BCUT2D eigenvalue weighted by Crippen LogP contribution is -1.94. The van der Waals surface area contributed by atoms with Crippen LogP contribution in [0.1, 0.15) is 20.8 Å². The average Bonchev–Trinajstić information content (AvgIpc) is 2.96. The highest BCUT2D eigenvalue weighted by Crippen LogP contribution is 2.23. The van der Waals surface area contributed by atoms with Crippen molar-refractivity contribution in [1.29, 1.82) is 0 Å². The van der Waals surface area contributed by atoms with E-state index in [1.807, 2.05) is 54.8 Å². The number of aryl methyl sites for hydroxylation is 1. The highest BCUT2D eigenvalue weighted by Gasteiger charge is 2.05. The standard InChI is InChI=1S/C19H16O2S/c1-13-9-10-22-19(13)8-7-18(20)16-4-3-15-12-17(21-2)6-5-14(15)11-16/h3-12H,1-2H3/b8-7+. The summed E-state index contributed by atoms with van der Waals surface area (Å²) in [6.45, 7) is 2.05. The molecule has 0 aliphatic carbocycles. The molecule has 110 valence electrons. The van der Waals surface area contributed by atoms with Crippen LogP contribution in [0.2, 0.25) is 0 Å². The molecule has 2 nitrogen and oxygen atoms in total. The summed E-state index contributed by atoms with van der Waals surface area (Å²) < 4.78 is 5.21. The zero-order valence-electron chi connectivity index (χ0n) is 12.5. The molecule has 1 heterocycles. The molecule has 3 aromatic rings. The number of rotatable bonds is 4. The fourth-order valence-electron chi connectivity index (χ4n) is 2.31. The third-order valence-electron chi connectivity index (χ3n) is 3.62. The second-order valence-corrected chi connectivity index (χ2v) is 6.04. The average molecular weight is 308 g/mol. The van der Waals surface area contributed by atoms with Gasteiger partial charge in [-0.3, -0.25) is 4.79 Å².